The van der Waals surface area contributed by atoms with Crippen LogP contribution >= 0.6 is 0 Å². The van der Waals surface area contributed by atoms with Gasteiger partial charge in [0, 0.05) is 10.9 Å². The van der Waals surface area contributed by atoms with Crippen LogP contribution in [0.4, 0.5) is 0 Å². The summed E-state index contributed by atoms with van der Waals surface area (Å²) in [7, 11) is 0. The van der Waals surface area contributed by atoms with Gasteiger partial charge in [0.2, 0.25) is 0 Å². The molecule has 1 aromatic heterocycles. The lowest BCUT2D eigenvalue weighted by Crippen LogP contribution is -2.11. The summed E-state index contributed by atoms with van der Waals surface area (Å²) < 4.78 is 0. The molecule has 0 radical (unpaired) electrons. The van der Waals surface area contributed by atoms with Crippen LogP contribution in [0.2, 0.25) is 0 Å². The fourth-order valence-electron chi connectivity index (χ4n) is 3.11. The van der Waals surface area contributed by atoms with Crippen LogP contribution in [0.1, 0.15) is 30.5 Å². The normalized spacial score (nSPS) is 11.5. The summed E-state index contributed by atoms with van der Waals surface area (Å²) in [5.74, 6) is 0. The highest BCUT2D eigenvalue weighted by atomic mass is 14.7. The minimum atomic E-state index is -0.362. The Labute approximate surface area is 143 Å². The summed E-state index contributed by atoms with van der Waals surface area (Å²) in [5, 5.41) is 10.4. The molecular formula is C22H22N2. The van der Waals surface area contributed by atoms with Gasteiger partial charge in [-0.05, 0) is 63.9 Å². The molecule has 0 saturated carbocycles. The number of hydrogen-bond acceptors (Lipinski definition) is 2. The first kappa shape index (κ1) is 16.2. The van der Waals surface area contributed by atoms with E-state index in [1.807, 2.05) is 13.8 Å². The van der Waals surface area contributed by atoms with Gasteiger partial charge in [-0.1, -0.05) is 35.4 Å². The zero-order chi connectivity index (χ0) is 17.3. The van der Waals surface area contributed by atoms with Crippen LogP contribution in [0, 0.1) is 30.6 Å². The summed E-state index contributed by atoms with van der Waals surface area (Å²) in [6.45, 7) is 8.16. The Morgan fingerprint density at radius 3 is 2.29 bits per heavy atom. The molecule has 120 valence electrons. The first-order chi connectivity index (χ1) is 11.4. The van der Waals surface area contributed by atoms with Crippen molar-refractivity contribution in [1.29, 1.82) is 5.26 Å². The highest BCUT2D eigenvalue weighted by Gasteiger charge is 2.17. The molecule has 0 aliphatic carbocycles. The van der Waals surface area contributed by atoms with Gasteiger partial charge in [-0.2, -0.15) is 5.26 Å². The van der Waals surface area contributed by atoms with Gasteiger partial charge in [0.05, 0.1) is 22.7 Å². The van der Waals surface area contributed by atoms with Crippen LogP contribution < -0.4 is 0 Å². The smallest absolute Gasteiger partial charge is 0.0712 e. The fraction of sp³-hybridized carbons (Fsp3) is 0.273. The van der Waals surface area contributed by atoms with E-state index in [0.717, 1.165) is 34.1 Å². The summed E-state index contributed by atoms with van der Waals surface area (Å²) >= 11 is 0. The molecule has 0 saturated heterocycles. The average Bonchev–Trinajstić information content (AvgIpc) is 2.53. The lowest BCUT2D eigenvalue weighted by molar-refractivity contribution is 0.494. The van der Waals surface area contributed by atoms with E-state index in [0.29, 0.717) is 0 Å². The Kier molecular flexibility index (Phi) is 4.11. The molecule has 3 rings (SSSR count). The number of rotatable bonds is 3. The maximum atomic E-state index is 9.25. The number of aryl methyl sites for hydroxylation is 2. The Morgan fingerprint density at radius 2 is 1.62 bits per heavy atom. The van der Waals surface area contributed by atoms with Crippen molar-refractivity contribution < 1.29 is 0 Å². The molecule has 0 fully saturated rings. The lowest BCUT2D eigenvalue weighted by Gasteiger charge is -2.15. The minimum Gasteiger partial charge on any atom is -0.248 e. The van der Waals surface area contributed by atoms with Gasteiger partial charge in [0.15, 0.2) is 0 Å². The summed E-state index contributed by atoms with van der Waals surface area (Å²) in [6.07, 6.45) is 0.731. The van der Waals surface area contributed by atoms with Crippen molar-refractivity contribution in [3.05, 3.63) is 65.2 Å². The van der Waals surface area contributed by atoms with Crippen molar-refractivity contribution >= 4 is 10.9 Å². The van der Waals surface area contributed by atoms with E-state index in [2.05, 4.69) is 68.4 Å². The second-order valence-electron chi connectivity index (χ2n) is 7.27. The monoisotopic (exact) mass is 314 g/mol. The maximum Gasteiger partial charge on any atom is 0.0712 e. The third-order valence-electron chi connectivity index (χ3n) is 4.22. The minimum absolute atomic E-state index is 0.362. The van der Waals surface area contributed by atoms with E-state index in [1.165, 1.54) is 11.1 Å². The first-order valence-electron chi connectivity index (χ1n) is 8.26. The first-order valence-corrected chi connectivity index (χ1v) is 8.26. The van der Waals surface area contributed by atoms with E-state index in [-0.39, 0.29) is 5.41 Å². The van der Waals surface area contributed by atoms with E-state index >= 15 is 0 Å². The van der Waals surface area contributed by atoms with Gasteiger partial charge >= 0.3 is 0 Å². The Morgan fingerprint density at radius 1 is 0.958 bits per heavy atom. The number of hydrogen-bond donors (Lipinski definition) is 0. The molecular weight excluding hydrogens is 292 g/mol. The lowest BCUT2D eigenvalue weighted by atomic mass is 9.87. The molecule has 3 aromatic rings. The van der Waals surface area contributed by atoms with Crippen LogP contribution in [0.25, 0.3) is 22.2 Å². The van der Waals surface area contributed by atoms with Crippen molar-refractivity contribution in [3.63, 3.8) is 0 Å². The topological polar surface area (TPSA) is 36.7 Å². The molecule has 1 heterocycles. The molecule has 2 aromatic carbocycles. The number of pyridine rings is 1. The number of nitriles is 1. The molecule has 0 atom stereocenters. The van der Waals surface area contributed by atoms with Crippen molar-refractivity contribution in [2.45, 2.75) is 34.1 Å². The predicted molar refractivity (Wildman–Crippen MR) is 99.8 cm³/mol. The molecule has 0 amide bonds. The average molecular weight is 314 g/mol. The SMILES string of the molecule is Cc1cc(C)cc(-c2ccc3ccc(CC(C)(C)C#N)cc3n2)c1. The second-order valence-corrected chi connectivity index (χ2v) is 7.27. The van der Waals surface area contributed by atoms with E-state index in [1.54, 1.807) is 0 Å². The predicted octanol–water partition coefficient (Wildman–Crippen LogP) is 5.61. The molecule has 2 heteroatoms. The van der Waals surface area contributed by atoms with Crippen LogP contribution in [0.3, 0.4) is 0 Å². The van der Waals surface area contributed by atoms with Crippen molar-refractivity contribution in [2.24, 2.45) is 5.41 Å². The van der Waals surface area contributed by atoms with Crippen molar-refractivity contribution in [3.8, 4) is 17.3 Å². The molecule has 24 heavy (non-hydrogen) atoms. The number of fused-ring (bicyclic) bond motifs is 1. The van der Waals surface area contributed by atoms with Crippen molar-refractivity contribution in [2.75, 3.05) is 0 Å². The van der Waals surface area contributed by atoms with Crippen molar-refractivity contribution in [1.82, 2.24) is 4.98 Å². The Balaban J connectivity index is 2.05. The van der Waals surface area contributed by atoms with E-state index in [9.17, 15) is 5.26 Å². The standard InChI is InChI=1S/C22H22N2/c1-15-9-16(2)11-19(10-15)20-8-7-18-6-5-17(12-21(18)24-20)13-22(3,4)14-23/h5-12H,13H2,1-4H3. The molecule has 2 nitrogen and oxygen atoms in total. The highest BCUT2D eigenvalue weighted by Crippen LogP contribution is 2.26. The summed E-state index contributed by atoms with van der Waals surface area (Å²) in [5.41, 5.74) is 6.41. The Hall–Kier alpha value is -2.66. The van der Waals surface area contributed by atoms with Gasteiger partial charge in [0.25, 0.3) is 0 Å². The molecule has 0 unspecified atom stereocenters. The number of aromatic nitrogens is 1. The van der Waals surface area contributed by atoms with Crippen LogP contribution in [0.5, 0.6) is 0 Å². The second kappa shape index (κ2) is 6.09. The molecule has 0 bridgehead atoms. The van der Waals surface area contributed by atoms with Gasteiger partial charge < -0.3 is 0 Å². The van der Waals surface area contributed by atoms with Gasteiger partial charge in [-0.25, -0.2) is 4.98 Å². The number of nitrogens with zero attached hydrogens (tertiary/aromatic N) is 2. The van der Waals surface area contributed by atoms with E-state index in [4.69, 9.17) is 4.98 Å². The molecule has 0 spiro atoms. The fourth-order valence-corrected chi connectivity index (χ4v) is 3.11. The third kappa shape index (κ3) is 3.46. The van der Waals surface area contributed by atoms with Crippen LogP contribution in [-0.4, -0.2) is 4.98 Å². The van der Waals surface area contributed by atoms with E-state index < -0.39 is 0 Å². The zero-order valence-electron chi connectivity index (χ0n) is 14.7. The molecule has 0 aliphatic heterocycles. The van der Waals surface area contributed by atoms with Gasteiger partial charge in [0.1, 0.15) is 0 Å². The summed E-state index contributed by atoms with van der Waals surface area (Å²) in [4.78, 5) is 4.86. The molecule has 0 N–H and O–H groups in total. The highest BCUT2D eigenvalue weighted by molar-refractivity contribution is 5.82. The largest absolute Gasteiger partial charge is 0.248 e. The summed E-state index contributed by atoms with van der Waals surface area (Å²) in [6, 6.07) is 19.4. The maximum absolute atomic E-state index is 9.25. The van der Waals surface area contributed by atoms with Crippen LogP contribution in [0.15, 0.2) is 48.5 Å². The molecule has 0 aliphatic rings. The quantitative estimate of drug-likeness (QED) is 0.630. The number of benzene rings is 2. The Bertz CT molecular complexity index is 926. The van der Waals surface area contributed by atoms with Gasteiger partial charge in [-0.15, -0.1) is 0 Å². The van der Waals surface area contributed by atoms with Crippen LogP contribution in [-0.2, 0) is 6.42 Å². The van der Waals surface area contributed by atoms with Gasteiger partial charge in [-0.3, -0.25) is 0 Å². The third-order valence-corrected chi connectivity index (χ3v) is 4.22. The zero-order valence-corrected chi connectivity index (χ0v) is 14.7.